The fourth-order valence-corrected chi connectivity index (χ4v) is 4.15. The van der Waals surface area contributed by atoms with E-state index in [1.165, 1.54) is 5.56 Å². The monoisotopic (exact) mass is 426 g/mol. The summed E-state index contributed by atoms with van der Waals surface area (Å²) in [6, 6.07) is 8.09. The molecular formula is C19H28Cl2N6O. The van der Waals surface area contributed by atoms with Crippen molar-refractivity contribution in [1.29, 1.82) is 0 Å². The van der Waals surface area contributed by atoms with Crippen molar-refractivity contribution in [2.24, 2.45) is 0 Å². The Hall–Kier alpha value is -1.25. The maximum absolute atomic E-state index is 6.13. The molecule has 28 heavy (non-hydrogen) atoms. The van der Waals surface area contributed by atoms with Crippen LogP contribution in [0.5, 0.6) is 0 Å². The molecule has 0 aliphatic carbocycles. The Bertz CT molecular complexity index is 726. The molecule has 0 N–H and O–H groups in total. The fraction of sp³-hybridized carbons (Fsp3) is 0.632. The van der Waals surface area contributed by atoms with Gasteiger partial charge in [0, 0.05) is 37.8 Å². The normalized spacial score (nSPS) is 22.1. The van der Waals surface area contributed by atoms with Crippen molar-refractivity contribution in [2.75, 3.05) is 39.3 Å². The maximum atomic E-state index is 6.13. The molecule has 0 amide bonds. The van der Waals surface area contributed by atoms with Crippen LogP contribution in [0.1, 0.15) is 37.2 Å². The zero-order valence-electron chi connectivity index (χ0n) is 16.2. The minimum absolute atomic E-state index is 0. The summed E-state index contributed by atoms with van der Waals surface area (Å²) >= 11 is 6.13. The molecule has 2 aliphatic heterocycles. The summed E-state index contributed by atoms with van der Waals surface area (Å²) in [4.78, 5) is 4.96. The van der Waals surface area contributed by atoms with Crippen molar-refractivity contribution in [2.45, 2.75) is 38.5 Å². The highest BCUT2D eigenvalue weighted by atomic mass is 35.5. The van der Waals surface area contributed by atoms with E-state index in [0.29, 0.717) is 6.54 Å². The van der Waals surface area contributed by atoms with E-state index in [-0.39, 0.29) is 24.6 Å². The van der Waals surface area contributed by atoms with E-state index in [1.807, 2.05) is 16.8 Å². The van der Waals surface area contributed by atoms with E-state index in [2.05, 4.69) is 44.4 Å². The number of rotatable bonds is 6. The van der Waals surface area contributed by atoms with Crippen LogP contribution >= 0.6 is 24.0 Å². The Morgan fingerprint density at radius 3 is 2.57 bits per heavy atom. The Morgan fingerprint density at radius 2 is 1.93 bits per heavy atom. The minimum Gasteiger partial charge on any atom is -0.376 e. The molecule has 7 nitrogen and oxygen atoms in total. The molecule has 154 valence electrons. The zero-order chi connectivity index (χ0) is 18.6. The predicted molar refractivity (Wildman–Crippen MR) is 111 cm³/mol. The molecule has 9 heteroatoms. The number of aromatic nitrogens is 4. The zero-order valence-corrected chi connectivity index (χ0v) is 17.8. The quantitative estimate of drug-likeness (QED) is 0.707. The number of tetrazole rings is 1. The Balaban J connectivity index is 0.00000225. The highest BCUT2D eigenvalue weighted by molar-refractivity contribution is 6.30. The van der Waals surface area contributed by atoms with E-state index in [0.717, 1.165) is 63.0 Å². The molecule has 2 atom stereocenters. The Kier molecular flexibility index (Phi) is 7.65. The lowest BCUT2D eigenvalue weighted by Crippen LogP contribution is -2.48. The number of halogens is 2. The van der Waals surface area contributed by atoms with Crippen molar-refractivity contribution in [3.8, 4) is 0 Å². The fourth-order valence-electron chi connectivity index (χ4n) is 4.02. The first-order valence-corrected chi connectivity index (χ1v) is 10.2. The Morgan fingerprint density at radius 1 is 1.18 bits per heavy atom. The number of hydrogen-bond donors (Lipinski definition) is 0. The largest absolute Gasteiger partial charge is 0.376 e. The van der Waals surface area contributed by atoms with E-state index in [4.69, 9.17) is 16.3 Å². The summed E-state index contributed by atoms with van der Waals surface area (Å²) in [5.74, 6) is 0.887. The first-order chi connectivity index (χ1) is 13.2. The average Bonchev–Trinajstić information content (AvgIpc) is 3.37. The number of ether oxygens (including phenoxy) is 1. The second-order valence-electron chi connectivity index (χ2n) is 7.28. The summed E-state index contributed by atoms with van der Waals surface area (Å²) in [5, 5.41) is 13.5. The van der Waals surface area contributed by atoms with Crippen LogP contribution in [0.2, 0.25) is 5.02 Å². The molecule has 0 radical (unpaired) electrons. The number of nitrogens with zero attached hydrogens (tertiary/aromatic N) is 6. The van der Waals surface area contributed by atoms with E-state index in [1.54, 1.807) is 0 Å². The molecule has 2 fully saturated rings. The summed E-state index contributed by atoms with van der Waals surface area (Å²) in [6.45, 7) is 8.97. The second kappa shape index (κ2) is 9.98. The predicted octanol–water partition coefficient (Wildman–Crippen LogP) is 2.65. The summed E-state index contributed by atoms with van der Waals surface area (Å²) < 4.78 is 7.73. The van der Waals surface area contributed by atoms with Gasteiger partial charge in [0.05, 0.1) is 18.7 Å². The van der Waals surface area contributed by atoms with Gasteiger partial charge >= 0.3 is 0 Å². The van der Waals surface area contributed by atoms with Crippen LogP contribution in [0.25, 0.3) is 0 Å². The number of benzene rings is 1. The van der Waals surface area contributed by atoms with Crippen molar-refractivity contribution in [3.63, 3.8) is 0 Å². The number of likely N-dealkylation sites (N-methyl/N-ethyl adjacent to an activating group) is 1. The Labute approximate surface area is 177 Å². The molecule has 3 heterocycles. The van der Waals surface area contributed by atoms with Crippen LogP contribution < -0.4 is 0 Å². The van der Waals surface area contributed by atoms with Crippen LogP contribution in [-0.4, -0.2) is 75.4 Å². The SMILES string of the molecule is CCN1CCN(C(c2ccc(Cl)cc2)c2nnnn2CC2CCCO2)CC1.Cl. The van der Waals surface area contributed by atoms with Crippen molar-refractivity contribution in [3.05, 3.63) is 40.7 Å². The third-order valence-electron chi connectivity index (χ3n) is 5.61. The van der Waals surface area contributed by atoms with Crippen molar-refractivity contribution >= 4 is 24.0 Å². The van der Waals surface area contributed by atoms with Crippen LogP contribution in [0.15, 0.2) is 24.3 Å². The van der Waals surface area contributed by atoms with Crippen molar-refractivity contribution < 1.29 is 4.74 Å². The van der Waals surface area contributed by atoms with Crippen LogP contribution in [0, 0.1) is 0 Å². The topological polar surface area (TPSA) is 59.3 Å². The van der Waals surface area contributed by atoms with Gasteiger partial charge in [0.1, 0.15) is 0 Å². The lowest BCUT2D eigenvalue weighted by atomic mass is 10.0. The molecule has 1 aromatic heterocycles. The molecule has 0 saturated carbocycles. The smallest absolute Gasteiger partial charge is 0.173 e. The highest BCUT2D eigenvalue weighted by Gasteiger charge is 2.31. The van der Waals surface area contributed by atoms with Gasteiger partial charge in [0.2, 0.25) is 0 Å². The third kappa shape index (κ3) is 4.83. The standard InChI is InChI=1S/C19H27ClN6O.ClH/c1-2-24-9-11-25(12-10-24)18(15-5-7-16(20)8-6-15)19-21-22-23-26(19)14-17-4-3-13-27-17;/h5-8,17-18H,2-4,9-14H2,1H3;1H. The lowest BCUT2D eigenvalue weighted by Gasteiger charge is -2.38. The summed E-state index contributed by atoms with van der Waals surface area (Å²) in [5.41, 5.74) is 1.17. The van der Waals surface area contributed by atoms with Gasteiger partial charge in [-0.15, -0.1) is 17.5 Å². The van der Waals surface area contributed by atoms with Gasteiger partial charge in [-0.2, -0.15) is 0 Å². The first-order valence-electron chi connectivity index (χ1n) is 9.84. The minimum atomic E-state index is 0. The summed E-state index contributed by atoms with van der Waals surface area (Å²) in [7, 11) is 0. The molecule has 0 spiro atoms. The van der Waals surface area contributed by atoms with E-state index >= 15 is 0 Å². The van der Waals surface area contributed by atoms with Gasteiger partial charge in [-0.3, -0.25) is 4.90 Å². The van der Waals surface area contributed by atoms with Gasteiger partial charge in [-0.25, -0.2) is 4.68 Å². The number of piperazine rings is 1. The van der Waals surface area contributed by atoms with Crippen LogP contribution in [0.3, 0.4) is 0 Å². The second-order valence-corrected chi connectivity index (χ2v) is 7.71. The van der Waals surface area contributed by atoms with E-state index < -0.39 is 0 Å². The molecule has 2 aromatic rings. The van der Waals surface area contributed by atoms with Gasteiger partial charge in [-0.1, -0.05) is 30.7 Å². The molecule has 4 rings (SSSR count). The maximum Gasteiger partial charge on any atom is 0.173 e. The van der Waals surface area contributed by atoms with Gasteiger partial charge in [0.15, 0.2) is 5.82 Å². The average molecular weight is 427 g/mol. The molecule has 2 unspecified atom stereocenters. The van der Waals surface area contributed by atoms with Crippen LogP contribution in [0.4, 0.5) is 0 Å². The van der Waals surface area contributed by atoms with Crippen LogP contribution in [-0.2, 0) is 11.3 Å². The van der Waals surface area contributed by atoms with Crippen molar-refractivity contribution in [1.82, 2.24) is 30.0 Å². The summed E-state index contributed by atoms with van der Waals surface area (Å²) in [6.07, 6.45) is 2.39. The molecule has 0 bridgehead atoms. The molecule has 1 aromatic carbocycles. The van der Waals surface area contributed by atoms with E-state index in [9.17, 15) is 0 Å². The van der Waals surface area contributed by atoms with Gasteiger partial charge < -0.3 is 9.64 Å². The molecular weight excluding hydrogens is 399 g/mol. The van der Waals surface area contributed by atoms with Gasteiger partial charge in [-0.05, 0) is 47.5 Å². The molecule has 2 aliphatic rings. The highest BCUT2D eigenvalue weighted by Crippen LogP contribution is 2.29. The molecule has 2 saturated heterocycles. The lowest BCUT2D eigenvalue weighted by molar-refractivity contribution is 0.0861. The first kappa shape index (κ1) is 21.5. The van der Waals surface area contributed by atoms with Gasteiger partial charge in [0.25, 0.3) is 0 Å². The number of hydrogen-bond acceptors (Lipinski definition) is 6. The third-order valence-corrected chi connectivity index (χ3v) is 5.86.